The fourth-order valence-electron chi connectivity index (χ4n) is 3.16. The van der Waals surface area contributed by atoms with Crippen molar-refractivity contribution in [3.8, 4) is 0 Å². The quantitative estimate of drug-likeness (QED) is 0.151. The first-order chi connectivity index (χ1) is 15.8. The van der Waals surface area contributed by atoms with Crippen molar-refractivity contribution < 1.29 is 0 Å². The molecule has 0 radical (unpaired) electrons. The van der Waals surface area contributed by atoms with Gasteiger partial charge in [-0.15, -0.1) is 47.0 Å². The van der Waals surface area contributed by atoms with Gasteiger partial charge in [-0.3, -0.25) is 0 Å². The number of rotatable bonds is 11. The Balaban J connectivity index is 1.47. The lowest BCUT2D eigenvalue weighted by Crippen LogP contribution is -2.04. The molecule has 4 heteroatoms. The van der Waals surface area contributed by atoms with E-state index in [9.17, 15) is 0 Å². The second-order valence-corrected chi connectivity index (χ2v) is 12.9. The summed E-state index contributed by atoms with van der Waals surface area (Å²) in [5.74, 6) is 0. The topological polar surface area (TPSA) is 0 Å². The fourth-order valence-corrected chi connectivity index (χ4v) is 8.36. The third kappa shape index (κ3) is 8.00. The van der Waals surface area contributed by atoms with Crippen LogP contribution in [0.3, 0.4) is 0 Å². The molecular weight excluding hydrogens is 465 g/mol. The summed E-state index contributed by atoms with van der Waals surface area (Å²) in [6.07, 6.45) is 2.28. The Kier molecular flexibility index (Phi) is 9.59. The Bertz CT molecular complexity index is 854. The molecule has 0 fully saturated rings. The average molecular weight is 491 g/mol. The molecule has 0 unspecified atom stereocenters. The van der Waals surface area contributed by atoms with Crippen molar-refractivity contribution in [1.29, 1.82) is 0 Å². The van der Waals surface area contributed by atoms with E-state index < -0.39 is 0 Å². The van der Waals surface area contributed by atoms with Gasteiger partial charge in [0.05, 0.1) is 9.16 Å². The maximum Gasteiger partial charge on any atom is 0.0597 e. The molecule has 0 nitrogen and oxygen atoms in total. The summed E-state index contributed by atoms with van der Waals surface area (Å²) in [7, 11) is 0. The molecule has 0 amide bonds. The number of hydrogen-bond donors (Lipinski definition) is 0. The van der Waals surface area contributed by atoms with Crippen LogP contribution in [0, 0.1) is 0 Å². The van der Waals surface area contributed by atoms with Gasteiger partial charge in [-0.25, -0.2) is 0 Å². The van der Waals surface area contributed by atoms with Crippen LogP contribution in [-0.4, -0.2) is 9.16 Å². The largest absolute Gasteiger partial charge is 0.111 e. The highest BCUT2D eigenvalue weighted by Crippen LogP contribution is 2.43. The molecule has 4 aromatic rings. The molecule has 32 heavy (non-hydrogen) atoms. The normalized spacial score (nSPS) is 11.2. The van der Waals surface area contributed by atoms with Crippen molar-refractivity contribution in [3.63, 3.8) is 0 Å². The maximum absolute atomic E-state index is 2.22. The summed E-state index contributed by atoms with van der Waals surface area (Å²) in [6, 6.07) is 43.2. The van der Waals surface area contributed by atoms with Gasteiger partial charge in [-0.05, 0) is 61.4 Å². The van der Waals surface area contributed by atoms with Crippen LogP contribution in [0.4, 0.5) is 0 Å². The van der Waals surface area contributed by atoms with E-state index in [-0.39, 0.29) is 0 Å². The lowest BCUT2D eigenvalue weighted by atomic mass is 10.4. The molecule has 0 saturated carbocycles. The van der Waals surface area contributed by atoms with Crippen molar-refractivity contribution >= 4 is 47.0 Å². The highest BCUT2D eigenvalue weighted by Gasteiger charge is 2.18. The van der Waals surface area contributed by atoms with Crippen LogP contribution in [-0.2, 0) is 0 Å². The molecule has 4 rings (SSSR count). The van der Waals surface area contributed by atoms with Crippen molar-refractivity contribution in [2.45, 2.75) is 41.6 Å². The molecular formula is C28H26S4. The van der Waals surface area contributed by atoms with Gasteiger partial charge in [0.15, 0.2) is 0 Å². The van der Waals surface area contributed by atoms with Crippen molar-refractivity contribution in [2.24, 2.45) is 0 Å². The highest BCUT2D eigenvalue weighted by molar-refractivity contribution is 8.17. The second-order valence-electron chi connectivity index (χ2n) is 7.16. The van der Waals surface area contributed by atoms with Crippen LogP contribution in [0.15, 0.2) is 141 Å². The lowest BCUT2D eigenvalue weighted by Gasteiger charge is -2.21. The van der Waals surface area contributed by atoms with Crippen molar-refractivity contribution in [1.82, 2.24) is 0 Å². The van der Waals surface area contributed by atoms with Gasteiger partial charge in [-0.1, -0.05) is 72.8 Å². The molecule has 0 aliphatic carbocycles. The minimum atomic E-state index is 0.468. The second kappa shape index (κ2) is 13.1. The number of hydrogen-bond acceptors (Lipinski definition) is 4. The Hall–Kier alpha value is -1.72. The summed E-state index contributed by atoms with van der Waals surface area (Å²) in [4.78, 5) is 5.35. The lowest BCUT2D eigenvalue weighted by molar-refractivity contribution is 0.854. The third-order valence-corrected chi connectivity index (χ3v) is 10.0. The van der Waals surface area contributed by atoms with Gasteiger partial charge < -0.3 is 0 Å². The zero-order valence-electron chi connectivity index (χ0n) is 17.7. The summed E-state index contributed by atoms with van der Waals surface area (Å²) >= 11 is 7.93. The van der Waals surface area contributed by atoms with Crippen LogP contribution >= 0.6 is 47.0 Å². The van der Waals surface area contributed by atoms with Crippen LogP contribution in [0.2, 0.25) is 0 Å². The molecule has 0 heterocycles. The van der Waals surface area contributed by atoms with Gasteiger partial charge >= 0.3 is 0 Å². The predicted molar refractivity (Wildman–Crippen MR) is 146 cm³/mol. The fraction of sp³-hybridized carbons (Fsp3) is 0.143. The van der Waals surface area contributed by atoms with Crippen LogP contribution in [0.5, 0.6) is 0 Å². The van der Waals surface area contributed by atoms with Crippen molar-refractivity contribution in [3.05, 3.63) is 121 Å². The molecule has 0 spiro atoms. The third-order valence-electron chi connectivity index (χ3n) is 4.68. The van der Waals surface area contributed by atoms with Gasteiger partial charge in [0, 0.05) is 19.6 Å². The SMILES string of the molecule is c1ccc(SC(CCC(Sc2ccccc2)Sc2ccccc2)Sc2ccccc2)cc1. The summed E-state index contributed by atoms with van der Waals surface area (Å²) in [6.45, 7) is 0. The molecule has 0 aliphatic heterocycles. The Labute approximate surface area is 209 Å². The van der Waals surface area contributed by atoms with Crippen LogP contribution in [0.25, 0.3) is 0 Å². The Morgan fingerprint density at radius 2 is 0.562 bits per heavy atom. The first-order valence-corrected chi connectivity index (χ1v) is 14.2. The van der Waals surface area contributed by atoms with E-state index in [0.717, 1.165) is 12.8 Å². The first kappa shape index (κ1) is 23.4. The summed E-state index contributed by atoms with van der Waals surface area (Å²) in [5, 5.41) is 0. The molecule has 0 atom stereocenters. The van der Waals surface area contributed by atoms with Gasteiger partial charge in [-0.2, -0.15) is 0 Å². The Morgan fingerprint density at radius 3 is 0.781 bits per heavy atom. The smallest absolute Gasteiger partial charge is 0.0597 e. The minimum Gasteiger partial charge on any atom is -0.111 e. The molecule has 4 aromatic carbocycles. The van der Waals surface area contributed by atoms with E-state index in [4.69, 9.17) is 0 Å². The zero-order valence-corrected chi connectivity index (χ0v) is 21.0. The van der Waals surface area contributed by atoms with E-state index in [2.05, 4.69) is 121 Å². The average Bonchev–Trinajstić information content (AvgIpc) is 2.85. The van der Waals surface area contributed by atoms with Gasteiger partial charge in [0.25, 0.3) is 0 Å². The van der Waals surface area contributed by atoms with Crippen molar-refractivity contribution in [2.75, 3.05) is 0 Å². The highest BCUT2D eigenvalue weighted by atomic mass is 32.2. The van der Waals surface area contributed by atoms with E-state index in [0.29, 0.717) is 9.16 Å². The van der Waals surface area contributed by atoms with E-state index in [1.54, 1.807) is 0 Å². The van der Waals surface area contributed by atoms with Crippen LogP contribution in [0.1, 0.15) is 12.8 Å². The number of thioether (sulfide) groups is 4. The minimum absolute atomic E-state index is 0.468. The van der Waals surface area contributed by atoms with E-state index in [1.165, 1.54) is 19.6 Å². The summed E-state index contributed by atoms with van der Waals surface area (Å²) in [5.41, 5.74) is 0. The molecule has 0 aromatic heterocycles. The van der Waals surface area contributed by atoms with E-state index >= 15 is 0 Å². The number of benzene rings is 4. The monoisotopic (exact) mass is 490 g/mol. The molecule has 0 bridgehead atoms. The standard InChI is InChI=1S/C28H26S4/c1-5-13-23(14-6-1)29-27(30-24-15-7-2-8-16-24)21-22-28(31-25-17-9-3-10-18-25)32-26-19-11-4-12-20-26/h1-20,27-28H,21-22H2. The first-order valence-electron chi connectivity index (χ1n) is 10.7. The predicted octanol–water partition coefficient (Wildman–Crippen LogP) is 9.59. The zero-order chi connectivity index (χ0) is 21.8. The summed E-state index contributed by atoms with van der Waals surface area (Å²) < 4.78 is 0.935. The van der Waals surface area contributed by atoms with Gasteiger partial charge in [0.2, 0.25) is 0 Å². The maximum atomic E-state index is 2.22. The molecule has 0 N–H and O–H groups in total. The van der Waals surface area contributed by atoms with E-state index in [1.807, 2.05) is 47.0 Å². The van der Waals surface area contributed by atoms with Gasteiger partial charge in [0.1, 0.15) is 0 Å². The molecule has 0 saturated heterocycles. The Morgan fingerprint density at radius 1 is 0.344 bits per heavy atom. The van der Waals surface area contributed by atoms with Crippen LogP contribution < -0.4 is 0 Å². The molecule has 162 valence electrons. The molecule has 0 aliphatic rings.